The fourth-order valence-electron chi connectivity index (χ4n) is 3.11. The molecule has 0 fully saturated rings. The van der Waals surface area contributed by atoms with Gasteiger partial charge in [0.05, 0.1) is 6.10 Å². The van der Waals surface area contributed by atoms with Gasteiger partial charge in [-0.25, -0.2) is 4.39 Å². The van der Waals surface area contributed by atoms with Gasteiger partial charge in [-0.15, -0.1) is 0 Å². The van der Waals surface area contributed by atoms with Crippen LogP contribution < -0.4 is 4.74 Å². The lowest BCUT2D eigenvalue weighted by atomic mass is 10.1. The maximum atomic E-state index is 13.9. The molecular weight excluding hydrogens is 411 g/mol. The summed E-state index contributed by atoms with van der Waals surface area (Å²) < 4.78 is 26.5. The molecule has 142 valence electrons. The van der Waals surface area contributed by atoms with Crippen LogP contribution in [0.15, 0.2) is 48.5 Å². The molecule has 0 saturated heterocycles. The molecule has 2 aromatic rings. The molecule has 5 heteroatoms. The Kier molecular flexibility index (Phi) is 8.32. The quantitative estimate of drug-likeness (QED) is 0.297. The van der Waals surface area contributed by atoms with Crippen molar-refractivity contribution in [1.82, 2.24) is 0 Å². The maximum absolute atomic E-state index is 13.9. The van der Waals surface area contributed by atoms with Crippen LogP contribution in [0, 0.1) is 5.82 Å². The van der Waals surface area contributed by atoms with Crippen LogP contribution in [0.5, 0.6) is 5.75 Å². The molecule has 0 spiro atoms. The highest BCUT2D eigenvalue weighted by Gasteiger charge is 2.33. The van der Waals surface area contributed by atoms with Gasteiger partial charge in [-0.2, -0.15) is 0 Å². The van der Waals surface area contributed by atoms with E-state index in [1.165, 1.54) is 12.1 Å². The number of ether oxygens (including phenoxy) is 1. The third-order valence-electron chi connectivity index (χ3n) is 5.03. The van der Waals surface area contributed by atoms with Gasteiger partial charge in [-0.3, -0.25) is 0 Å². The highest BCUT2D eigenvalue weighted by Crippen LogP contribution is 2.35. The summed E-state index contributed by atoms with van der Waals surface area (Å²) in [4.78, 5) is 0. The van der Waals surface area contributed by atoms with Gasteiger partial charge >= 0.3 is 0 Å². The predicted molar refractivity (Wildman–Crippen MR) is 112 cm³/mol. The standard InChI is InChI=1S/C21H28BrFO2Si/c1-4-26(5-2,6-3)25-21(15-22)19-13-12-18(23)14-20(19)24-16-17-10-8-7-9-11-17/h7-14,21H,4-6,15-16H2,1-3H3. The molecule has 0 aliphatic carbocycles. The average Bonchev–Trinajstić information content (AvgIpc) is 2.69. The summed E-state index contributed by atoms with van der Waals surface area (Å²) >= 11 is 3.59. The fourth-order valence-corrected chi connectivity index (χ4v) is 6.65. The molecule has 0 aliphatic rings. The zero-order valence-electron chi connectivity index (χ0n) is 15.8. The molecule has 0 bridgehead atoms. The molecule has 0 saturated carbocycles. The van der Waals surface area contributed by atoms with Crippen molar-refractivity contribution in [2.75, 3.05) is 5.33 Å². The zero-order chi connectivity index (χ0) is 19.0. The van der Waals surface area contributed by atoms with E-state index in [0.717, 1.165) is 29.3 Å². The van der Waals surface area contributed by atoms with E-state index < -0.39 is 8.32 Å². The smallest absolute Gasteiger partial charge is 0.192 e. The number of alkyl halides is 1. The Morgan fingerprint density at radius 3 is 2.23 bits per heavy atom. The number of benzene rings is 2. The molecule has 2 aromatic carbocycles. The van der Waals surface area contributed by atoms with E-state index in [1.54, 1.807) is 6.07 Å². The molecule has 1 atom stereocenters. The monoisotopic (exact) mass is 438 g/mol. The van der Waals surface area contributed by atoms with Gasteiger partial charge in [0.1, 0.15) is 18.2 Å². The van der Waals surface area contributed by atoms with Crippen LogP contribution in [0.3, 0.4) is 0 Å². The number of hydrogen-bond donors (Lipinski definition) is 0. The summed E-state index contributed by atoms with van der Waals surface area (Å²) in [6.45, 7) is 7.04. The molecular formula is C21H28BrFO2Si. The van der Waals surface area contributed by atoms with E-state index >= 15 is 0 Å². The molecule has 0 aromatic heterocycles. The largest absolute Gasteiger partial charge is 0.488 e. The van der Waals surface area contributed by atoms with Crippen LogP contribution in [0.25, 0.3) is 0 Å². The molecule has 2 rings (SSSR count). The van der Waals surface area contributed by atoms with E-state index in [9.17, 15) is 4.39 Å². The first-order chi connectivity index (χ1) is 12.6. The Bertz CT molecular complexity index is 669. The van der Waals surface area contributed by atoms with E-state index in [1.807, 2.05) is 30.3 Å². The topological polar surface area (TPSA) is 18.5 Å². The molecule has 0 amide bonds. The van der Waals surface area contributed by atoms with E-state index in [-0.39, 0.29) is 11.9 Å². The predicted octanol–water partition coefficient (Wildman–Crippen LogP) is 6.86. The summed E-state index contributed by atoms with van der Waals surface area (Å²) in [6, 6.07) is 17.9. The first-order valence-electron chi connectivity index (χ1n) is 9.27. The number of hydrogen-bond acceptors (Lipinski definition) is 2. The number of halogens is 2. The van der Waals surface area contributed by atoms with Gasteiger partial charge in [0.25, 0.3) is 0 Å². The highest BCUT2D eigenvalue weighted by molar-refractivity contribution is 9.09. The van der Waals surface area contributed by atoms with Gasteiger partial charge in [0.2, 0.25) is 0 Å². The van der Waals surface area contributed by atoms with Crippen molar-refractivity contribution < 1.29 is 13.6 Å². The molecule has 0 heterocycles. The third kappa shape index (κ3) is 5.41. The Morgan fingerprint density at radius 2 is 1.65 bits per heavy atom. The summed E-state index contributed by atoms with van der Waals surface area (Å²) in [7, 11) is -1.79. The zero-order valence-corrected chi connectivity index (χ0v) is 18.4. The molecule has 26 heavy (non-hydrogen) atoms. The average molecular weight is 439 g/mol. The van der Waals surface area contributed by atoms with Crippen LogP contribution >= 0.6 is 15.9 Å². The van der Waals surface area contributed by atoms with Crippen LogP contribution in [0.2, 0.25) is 18.1 Å². The van der Waals surface area contributed by atoms with Crippen LogP contribution in [-0.4, -0.2) is 13.6 Å². The molecule has 2 nitrogen and oxygen atoms in total. The Labute approximate surface area is 166 Å². The maximum Gasteiger partial charge on any atom is 0.192 e. The normalized spacial score (nSPS) is 12.8. The second-order valence-electron chi connectivity index (χ2n) is 6.46. The lowest BCUT2D eigenvalue weighted by Gasteiger charge is -2.33. The minimum absolute atomic E-state index is 0.132. The van der Waals surface area contributed by atoms with Gasteiger partial charge in [-0.1, -0.05) is 67.0 Å². The SMILES string of the molecule is CC[Si](CC)(CC)OC(CBr)c1ccc(F)cc1OCc1ccccc1. The van der Waals surface area contributed by atoms with Gasteiger partial charge in [-0.05, 0) is 35.8 Å². The number of rotatable bonds is 10. The Morgan fingerprint density at radius 1 is 1.00 bits per heavy atom. The minimum atomic E-state index is -1.79. The molecule has 0 radical (unpaired) electrons. The van der Waals surface area contributed by atoms with Crippen molar-refractivity contribution in [2.24, 2.45) is 0 Å². The Balaban J connectivity index is 2.25. The summed E-state index contributed by atoms with van der Waals surface area (Å²) in [5, 5.41) is 0.662. The van der Waals surface area contributed by atoms with Gasteiger partial charge < -0.3 is 9.16 Å². The van der Waals surface area contributed by atoms with Crippen molar-refractivity contribution in [2.45, 2.75) is 51.6 Å². The lowest BCUT2D eigenvalue weighted by molar-refractivity contribution is 0.205. The second-order valence-corrected chi connectivity index (χ2v) is 11.8. The second kappa shape index (κ2) is 10.2. The first kappa shape index (κ1) is 21.1. The van der Waals surface area contributed by atoms with Crippen molar-refractivity contribution in [3.8, 4) is 5.75 Å². The van der Waals surface area contributed by atoms with Crippen LogP contribution in [-0.2, 0) is 11.0 Å². The summed E-state index contributed by atoms with van der Waals surface area (Å²) in [5.41, 5.74) is 1.96. The lowest BCUT2D eigenvalue weighted by Crippen LogP contribution is -2.37. The van der Waals surface area contributed by atoms with Crippen molar-refractivity contribution in [3.63, 3.8) is 0 Å². The van der Waals surface area contributed by atoms with Crippen LogP contribution in [0.1, 0.15) is 38.0 Å². The van der Waals surface area contributed by atoms with E-state index in [0.29, 0.717) is 17.7 Å². The minimum Gasteiger partial charge on any atom is -0.488 e. The van der Waals surface area contributed by atoms with E-state index in [4.69, 9.17) is 9.16 Å². The molecule has 0 aliphatic heterocycles. The van der Waals surface area contributed by atoms with Gasteiger partial charge in [0, 0.05) is 17.0 Å². The van der Waals surface area contributed by atoms with E-state index in [2.05, 4.69) is 36.7 Å². The van der Waals surface area contributed by atoms with Gasteiger partial charge in [0.15, 0.2) is 8.32 Å². The first-order valence-corrected chi connectivity index (χ1v) is 12.9. The van der Waals surface area contributed by atoms with Crippen LogP contribution in [0.4, 0.5) is 4.39 Å². The highest BCUT2D eigenvalue weighted by atomic mass is 79.9. The van der Waals surface area contributed by atoms with Crippen molar-refractivity contribution in [3.05, 3.63) is 65.5 Å². The summed E-state index contributed by atoms with van der Waals surface area (Å²) in [6.07, 6.45) is -0.132. The molecule has 0 N–H and O–H groups in total. The van der Waals surface area contributed by atoms with Crippen molar-refractivity contribution in [1.29, 1.82) is 0 Å². The fraction of sp³-hybridized carbons (Fsp3) is 0.429. The molecule has 1 unspecified atom stereocenters. The van der Waals surface area contributed by atoms with Crippen molar-refractivity contribution >= 4 is 24.2 Å². The Hall–Kier alpha value is -1.17. The third-order valence-corrected chi connectivity index (χ3v) is 10.3. The summed E-state index contributed by atoms with van der Waals surface area (Å²) in [5.74, 6) is 0.264.